The van der Waals surface area contributed by atoms with Crippen LogP contribution in [0, 0.1) is 25.7 Å². The van der Waals surface area contributed by atoms with E-state index in [1.165, 1.54) is 4.90 Å². The van der Waals surface area contributed by atoms with Gasteiger partial charge in [0.05, 0.1) is 37.2 Å². The molecule has 1 N–H and O–H groups in total. The standard InChI is InChI=1S/C32H38N2O6/c1-5-16-33(24-17-20(3)12-13-21(24)4)30(37)28-32-15-14-25(40-32)26(31(38)39-6-2)27(32)29(36)34(28)23(19-35)18-22-10-8-7-9-11-22/h5,7-13,17,23,25-28,35H,1,6,14-16,18-19H2,2-4H3/t23-,25+,26-,27+,28?,32?/m1/s1. The lowest BCUT2D eigenvalue weighted by Gasteiger charge is -2.39. The van der Waals surface area contributed by atoms with E-state index >= 15 is 0 Å². The van der Waals surface area contributed by atoms with Crippen LogP contribution >= 0.6 is 0 Å². The Balaban J connectivity index is 1.62. The topological polar surface area (TPSA) is 96.4 Å². The predicted molar refractivity (Wildman–Crippen MR) is 151 cm³/mol. The molecule has 3 aliphatic heterocycles. The number of carbonyl (C=O) groups is 3. The van der Waals surface area contributed by atoms with Gasteiger partial charge < -0.3 is 24.4 Å². The van der Waals surface area contributed by atoms with Crippen molar-refractivity contribution in [2.24, 2.45) is 11.8 Å². The van der Waals surface area contributed by atoms with Gasteiger partial charge in [0.2, 0.25) is 5.91 Å². The molecular formula is C32H38N2O6. The number of aryl methyl sites for hydroxylation is 2. The Morgan fingerprint density at radius 2 is 2.00 bits per heavy atom. The molecule has 3 heterocycles. The molecule has 3 fully saturated rings. The molecule has 0 radical (unpaired) electrons. The van der Waals surface area contributed by atoms with Gasteiger partial charge in [-0.25, -0.2) is 0 Å². The zero-order chi connectivity index (χ0) is 28.6. The molecule has 0 aliphatic carbocycles. The molecule has 3 aliphatic rings. The molecule has 5 rings (SSSR count). The number of aliphatic hydroxyl groups excluding tert-OH is 1. The van der Waals surface area contributed by atoms with Gasteiger partial charge in [-0.2, -0.15) is 0 Å². The third-order valence-electron chi connectivity index (χ3n) is 8.68. The van der Waals surface area contributed by atoms with E-state index in [1.807, 2.05) is 62.4 Å². The number of fused-ring (bicyclic) bond motifs is 1. The summed E-state index contributed by atoms with van der Waals surface area (Å²) >= 11 is 0. The normalized spacial score (nSPS) is 27.4. The molecule has 0 aromatic heterocycles. The van der Waals surface area contributed by atoms with E-state index in [1.54, 1.807) is 17.9 Å². The first-order valence-corrected chi connectivity index (χ1v) is 14.1. The summed E-state index contributed by atoms with van der Waals surface area (Å²) in [4.78, 5) is 45.5. The van der Waals surface area contributed by atoms with Gasteiger partial charge in [0, 0.05) is 12.2 Å². The average Bonchev–Trinajstić information content (AvgIpc) is 3.59. The van der Waals surface area contributed by atoms with Crippen molar-refractivity contribution < 1.29 is 29.0 Å². The van der Waals surface area contributed by atoms with E-state index < -0.39 is 41.6 Å². The van der Waals surface area contributed by atoms with E-state index in [0.717, 1.165) is 22.4 Å². The smallest absolute Gasteiger partial charge is 0.312 e. The molecule has 2 aromatic rings. The molecule has 8 heteroatoms. The van der Waals surface area contributed by atoms with Gasteiger partial charge in [0.25, 0.3) is 5.91 Å². The summed E-state index contributed by atoms with van der Waals surface area (Å²) in [5.74, 6) is -2.75. The predicted octanol–water partition coefficient (Wildman–Crippen LogP) is 3.36. The number of benzene rings is 2. The van der Waals surface area contributed by atoms with Crippen molar-refractivity contribution in [3.8, 4) is 0 Å². The number of aliphatic hydroxyl groups is 1. The van der Waals surface area contributed by atoms with E-state index in [2.05, 4.69) is 6.58 Å². The summed E-state index contributed by atoms with van der Waals surface area (Å²) in [7, 11) is 0. The van der Waals surface area contributed by atoms with Crippen molar-refractivity contribution in [1.29, 1.82) is 0 Å². The molecule has 1 spiro atoms. The number of anilines is 1. The van der Waals surface area contributed by atoms with Crippen molar-refractivity contribution in [3.63, 3.8) is 0 Å². The largest absolute Gasteiger partial charge is 0.466 e. The van der Waals surface area contributed by atoms with Crippen LogP contribution in [0.5, 0.6) is 0 Å². The Hall–Kier alpha value is -3.49. The molecule has 8 nitrogen and oxygen atoms in total. The van der Waals surface area contributed by atoms with Crippen LogP contribution in [0.15, 0.2) is 61.2 Å². The van der Waals surface area contributed by atoms with E-state index in [0.29, 0.717) is 19.3 Å². The number of likely N-dealkylation sites (tertiary alicyclic amines) is 1. The second-order valence-electron chi connectivity index (χ2n) is 11.1. The average molecular weight is 547 g/mol. The van der Waals surface area contributed by atoms with Crippen LogP contribution in [0.1, 0.15) is 36.5 Å². The molecule has 2 unspecified atom stereocenters. The fourth-order valence-corrected chi connectivity index (χ4v) is 7.00. The number of esters is 1. The van der Waals surface area contributed by atoms with Crippen LogP contribution in [0.3, 0.4) is 0 Å². The van der Waals surface area contributed by atoms with E-state index in [9.17, 15) is 19.5 Å². The Labute approximate surface area is 235 Å². The summed E-state index contributed by atoms with van der Waals surface area (Å²) in [6.07, 6.45) is 2.56. The summed E-state index contributed by atoms with van der Waals surface area (Å²) in [6.45, 7) is 9.61. The number of rotatable bonds is 10. The first kappa shape index (κ1) is 28.1. The molecule has 212 valence electrons. The lowest BCUT2D eigenvalue weighted by atomic mass is 9.70. The Morgan fingerprint density at radius 1 is 1.25 bits per heavy atom. The lowest BCUT2D eigenvalue weighted by molar-refractivity contribution is -0.155. The van der Waals surface area contributed by atoms with Crippen molar-refractivity contribution in [2.45, 2.75) is 63.8 Å². The zero-order valence-corrected chi connectivity index (χ0v) is 23.4. The fraction of sp³-hybridized carbons (Fsp3) is 0.469. The maximum absolute atomic E-state index is 14.8. The minimum absolute atomic E-state index is 0.190. The summed E-state index contributed by atoms with van der Waals surface area (Å²) < 4.78 is 11.9. The van der Waals surface area contributed by atoms with Crippen LogP contribution in [0.4, 0.5) is 5.69 Å². The molecule has 3 saturated heterocycles. The molecule has 2 aromatic carbocycles. The van der Waals surface area contributed by atoms with E-state index in [-0.39, 0.29) is 31.6 Å². The van der Waals surface area contributed by atoms with Crippen molar-refractivity contribution in [2.75, 3.05) is 24.7 Å². The monoisotopic (exact) mass is 546 g/mol. The van der Waals surface area contributed by atoms with Gasteiger partial charge in [-0.3, -0.25) is 14.4 Å². The quantitative estimate of drug-likeness (QED) is 0.363. The highest BCUT2D eigenvalue weighted by atomic mass is 16.6. The summed E-state index contributed by atoms with van der Waals surface area (Å²) in [6, 6.07) is 13.8. The second-order valence-corrected chi connectivity index (χ2v) is 11.1. The number of ether oxygens (including phenoxy) is 2. The lowest BCUT2D eigenvalue weighted by Crippen LogP contribution is -2.59. The number of amides is 2. The zero-order valence-electron chi connectivity index (χ0n) is 23.4. The third-order valence-corrected chi connectivity index (χ3v) is 8.68. The molecule has 40 heavy (non-hydrogen) atoms. The first-order chi connectivity index (χ1) is 19.3. The maximum Gasteiger partial charge on any atom is 0.312 e. The minimum Gasteiger partial charge on any atom is -0.466 e. The highest BCUT2D eigenvalue weighted by Crippen LogP contribution is 2.59. The van der Waals surface area contributed by atoms with Crippen LogP contribution in [0.2, 0.25) is 0 Å². The van der Waals surface area contributed by atoms with Gasteiger partial charge >= 0.3 is 5.97 Å². The molecule has 2 bridgehead atoms. The fourth-order valence-electron chi connectivity index (χ4n) is 7.00. The number of carbonyl (C=O) groups excluding carboxylic acids is 3. The highest BCUT2D eigenvalue weighted by molar-refractivity contribution is 6.05. The molecule has 2 amide bonds. The van der Waals surface area contributed by atoms with Crippen molar-refractivity contribution >= 4 is 23.5 Å². The van der Waals surface area contributed by atoms with Crippen LogP contribution < -0.4 is 4.90 Å². The van der Waals surface area contributed by atoms with Gasteiger partial charge in [-0.15, -0.1) is 6.58 Å². The number of nitrogens with zero attached hydrogens (tertiary/aromatic N) is 2. The van der Waals surface area contributed by atoms with Crippen LogP contribution in [-0.2, 0) is 30.3 Å². The SMILES string of the molecule is C=CCN(C(=O)C1N([C@@H](CO)Cc2ccccc2)C(=O)[C@@H]2[C@H](C(=O)OCC)[C@@H]3CCC12O3)c1cc(C)ccc1C. The first-order valence-electron chi connectivity index (χ1n) is 14.1. The molecular weight excluding hydrogens is 508 g/mol. The third kappa shape index (κ3) is 4.53. The number of hydrogen-bond acceptors (Lipinski definition) is 6. The molecule has 6 atom stereocenters. The summed E-state index contributed by atoms with van der Waals surface area (Å²) in [5, 5.41) is 10.6. The Morgan fingerprint density at radius 3 is 2.67 bits per heavy atom. The second kappa shape index (κ2) is 11.2. The Bertz CT molecular complexity index is 1300. The summed E-state index contributed by atoms with van der Waals surface area (Å²) in [5.41, 5.74) is 2.39. The van der Waals surface area contributed by atoms with Crippen molar-refractivity contribution in [1.82, 2.24) is 4.90 Å². The van der Waals surface area contributed by atoms with Gasteiger partial charge in [0.1, 0.15) is 11.6 Å². The van der Waals surface area contributed by atoms with Crippen LogP contribution in [-0.4, -0.2) is 71.3 Å². The van der Waals surface area contributed by atoms with Gasteiger partial charge in [0.15, 0.2) is 0 Å². The highest BCUT2D eigenvalue weighted by Gasteiger charge is 2.75. The maximum atomic E-state index is 14.8. The van der Waals surface area contributed by atoms with Gasteiger partial charge in [-0.1, -0.05) is 48.5 Å². The number of hydrogen-bond donors (Lipinski definition) is 1. The Kier molecular flexibility index (Phi) is 7.84. The van der Waals surface area contributed by atoms with Crippen LogP contribution in [0.25, 0.3) is 0 Å². The van der Waals surface area contributed by atoms with Crippen molar-refractivity contribution in [3.05, 3.63) is 77.9 Å². The van der Waals surface area contributed by atoms with Gasteiger partial charge in [-0.05, 0) is 62.8 Å². The molecule has 0 saturated carbocycles. The minimum atomic E-state index is -1.18. The van der Waals surface area contributed by atoms with E-state index in [4.69, 9.17) is 9.47 Å².